The van der Waals surface area contributed by atoms with Crippen molar-refractivity contribution in [3.8, 4) is 0 Å². The Morgan fingerprint density at radius 2 is 1.31 bits per heavy atom. The molecule has 0 saturated carbocycles. The van der Waals surface area contributed by atoms with Gasteiger partial charge in [-0.05, 0) is 51.4 Å². The highest BCUT2D eigenvalue weighted by Gasteiger charge is 2.48. The summed E-state index contributed by atoms with van der Waals surface area (Å²) in [5.74, 6) is -0.727. The summed E-state index contributed by atoms with van der Waals surface area (Å²) in [5.41, 5.74) is 0. The standard InChI is InChI=1S/C38H69NO12S/c1-3-5-7-9-11-13-14-15-16-17-18-19-21-23-25-27-32(42)37(45)39-30(31(41)26-24-22-20-12-10-8-6-4-2)29-49-38-35(44)36(51-52(46,47)48)34(43)33(28-40)50-38/h10,12,16-17,24,26,30-36,38,40-44H,3-9,11,13-15,18-23,25,27-29H2,1-2H3,(H,39,45)(H,46,47,48)/b12-10+,17-16-,26-24+. The van der Waals surface area contributed by atoms with Crippen LogP contribution >= 0.6 is 0 Å². The maximum absolute atomic E-state index is 13.0. The molecule has 14 heteroatoms. The molecule has 13 nitrogen and oxygen atoms in total. The summed E-state index contributed by atoms with van der Waals surface area (Å²) in [6.07, 6.45) is 19.9. The second-order valence-corrected chi connectivity index (χ2v) is 14.7. The van der Waals surface area contributed by atoms with E-state index in [-0.39, 0.29) is 6.42 Å². The van der Waals surface area contributed by atoms with Crippen LogP contribution in [0.2, 0.25) is 0 Å². The van der Waals surface area contributed by atoms with Crippen LogP contribution in [0.25, 0.3) is 0 Å². The van der Waals surface area contributed by atoms with Gasteiger partial charge in [0.1, 0.15) is 30.5 Å². The van der Waals surface area contributed by atoms with Crippen molar-refractivity contribution in [1.82, 2.24) is 5.32 Å². The molecule has 1 aliphatic heterocycles. The summed E-state index contributed by atoms with van der Waals surface area (Å²) in [7, 11) is -5.11. The predicted molar refractivity (Wildman–Crippen MR) is 201 cm³/mol. The molecule has 1 fully saturated rings. The number of allylic oxidation sites excluding steroid dienone is 5. The molecule has 0 radical (unpaired) electrons. The molecule has 1 heterocycles. The van der Waals surface area contributed by atoms with E-state index in [0.29, 0.717) is 12.8 Å². The molecule has 0 bridgehead atoms. The second kappa shape index (κ2) is 29.6. The Morgan fingerprint density at radius 1 is 0.769 bits per heavy atom. The third kappa shape index (κ3) is 22.5. The summed E-state index contributed by atoms with van der Waals surface area (Å²) in [6.45, 7) is 3.06. The minimum absolute atomic E-state index is 0.221. The molecular weight excluding hydrogens is 694 g/mol. The van der Waals surface area contributed by atoms with Crippen LogP contribution in [0.4, 0.5) is 0 Å². The van der Waals surface area contributed by atoms with E-state index >= 15 is 0 Å². The summed E-state index contributed by atoms with van der Waals surface area (Å²) in [4.78, 5) is 13.0. The van der Waals surface area contributed by atoms with Gasteiger partial charge in [0.05, 0.1) is 25.4 Å². The number of unbranched alkanes of at least 4 members (excludes halogenated alkanes) is 14. The van der Waals surface area contributed by atoms with Crippen molar-refractivity contribution in [3.63, 3.8) is 0 Å². The summed E-state index contributed by atoms with van der Waals surface area (Å²) >= 11 is 0. The van der Waals surface area contributed by atoms with Crippen molar-refractivity contribution in [2.45, 2.75) is 185 Å². The highest BCUT2D eigenvalue weighted by Crippen LogP contribution is 2.26. The van der Waals surface area contributed by atoms with Gasteiger partial charge in [-0.1, -0.05) is 121 Å². The molecule has 0 aromatic rings. The molecule has 0 spiro atoms. The van der Waals surface area contributed by atoms with Gasteiger partial charge >= 0.3 is 10.4 Å². The van der Waals surface area contributed by atoms with Crippen molar-refractivity contribution in [3.05, 3.63) is 36.5 Å². The summed E-state index contributed by atoms with van der Waals surface area (Å²) < 4.78 is 47.1. The van der Waals surface area contributed by atoms with Gasteiger partial charge in [0.2, 0.25) is 5.91 Å². The Hall–Kier alpha value is -1.72. The number of carbonyl (C=O) groups is 1. The van der Waals surface area contributed by atoms with E-state index in [1.807, 2.05) is 0 Å². The molecule has 1 rings (SSSR count). The topological polar surface area (TPSA) is 212 Å². The largest absolute Gasteiger partial charge is 0.397 e. The number of aliphatic hydroxyl groups is 5. The monoisotopic (exact) mass is 763 g/mol. The highest BCUT2D eigenvalue weighted by molar-refractivity contribution is 7.80. The predicted octanol–water partition coefficient (Wildman–Crippen LogP) is 4.96. The number of amides is 1. The van der Waals surface area contributed by atoms with Crippen LogP contribution in [0.15, 0.2) is 36.5 Å². The second-order valence-electron chi connectivity index (χ2n) is 13.6. The number of nitrogens with one attached hydrogen (secondary N) is 1. The Kier molecular flexibility index (Phi) is 27.5. The molecule has 0 aliphatic carbocycles. The lowest BCUT2D eigenvalue weighted by atomic mass is 9.99. The minimum Gasteiger partial charge on any atom is -0.394 e. The fraction of sp³-hybridized carbons (Fsp3) is 0.816. The van der Waals surface area contributed by atoms with E-state index in [9.17, 15) is 38.7 Å². The zero-order valence-corrected chi connectivity index (χ0v) is 32.3. The quantitative estimate of drug-likeness (QED) is 0.0284. The zero-order chi connectivity index (χ0) is 38.6. The van der Waals surface area contributed by atoms with Crippen LogP contribution in [0.1, 0.15) is 136 Å². The molecule has 0 aromatic carbocycles. The molecular formula is C38H69NO12S. The number of aliphatic hydroxyl groups excluding tert-OH is 5. The van der Waals surface area contributed by atoms with Crippen LogP contribution in [0, 0.1) is 0 Å². The molecule has 52 heavy (non-hydrogen) atoms. The van der Waals surface area contributed by atoms with Gasteiger partial charge in [-0.25, -0.2) is 4.18 Å². The zero-order valence-electron chi connectivity index (χ0n) is 31.5. The number of hydrogen-bond acceptors (Lipinski definition) is 11. The van der Waals surface area contributed by atoms with Crippen LogP contribution in [0.3, 0.4) is 0 Å². The lowest BCUT2D eigenvalue weighted by molar-refractivity contribution is -0.298. The Labute approximate surface area is 312 Å². The minimum atomic E-state index is -5.11. The molecule has 8 unspecified atom stereocenters. The number of ether oxygens (including phenoxy) is 2. The van der Waals surface area contributed by atoms with Crippen LogP contribution < -0.4 is 5.32 Å². The molecule has 7 N–H and O–H groups in total. The van der Waals surface area contributed by atoms with Gasteiger partial charge in [0.25, 0.3) is 0 Å². The summed E-state index contributed by atoms with van der Waals surface area (Å²) in [6, 6.07) is -1.14. The van der Waals surface area contributed by atoms with Gasteiger partial charge in [-0.15, -0.1) is 0 Å². The first kappa shape index (κ1) is 48.3. The van der Waals surface area contributed by atoms with Gasteiger partial charge < -0.3 is 40.3 Å². The maximum Gasteiger partial charge on any atom is 0.397 e. The maximum atomic E-state index is 13.0. The molecule has 1 amide bonds. The fourth-order valence-electron chi connectivity index (χ4n) is 5.81. The highest BCUT2D eigenvalue weighted by atomic mass is 32.3. The van der Waals surface area contributed by atoms with Crippen molar-refractivity contribution in [2.75, 3.05) is 13.2 Å². The normalized spacial score (nSPS) is 23.1. The van der Waals surface area contributed by atoms with E-state index in [0.717, 1.165) is 57.8 Å². The van der Waals surface area contributed by atoms with E-state index in [4.69, 9.17) is 14.0 Å². The Bertz CT molecular complexity index is 1100. The van der Waals surface area contributed by atoms with E-state index in [2.05, 4.69) is 47.7 Å². The van der Waals surface area contributed by atoms with Gasteiger partial charge in [0.15, 0.2) is 6.29 Å². The molecule has 304 valence electrons. The molecule has 8 atom stereocenters. The van der Waals surface area contributed by atoms with E-state index in [1.54, 1.807) is 6.08 Å². The van der Waals surface area contributed by atoms with Crippen molar-refractivity contribution >= 4 is 16.3 Å². The van der Waals surface area contributed by atoms with Gasteiger partial charge in [-0.2, -0.15) is 8.42 Å². The SMILES string of the molecule is CCCC/C=C/CC/C=C/C(O)C(COC1OC(CO)C(O)C(OS(=O)(=O)O)C1O)NC(=O)C(O)CCCCCC/C=C\CCCCCCCCC. The summed E-state index contributed by atoms with van der Waals surface area (Å²) in [5, 5.41) is 54.7. The van der Waals surface area contributed by atoms with E-state index < -0.39 is 78.5 Å². The number of rotatable bonds is 31. The first-order valence-electron chi connectivity index (χ1n) is 19.5. The van der Waals surface area contributed by atoms with Crippen molar-refractivity contribution in [2.24, 2.45) is 0 Å². The lowest BCUT2D eigenvalue weighted by Gasteiger charge is -2.41. The molecule has 0 aromatic heterocycles. The van der Waals surface area contributed by atoms with Crippen LogP contribution in [-0.4, -0.2) is 107 Å². The third-order valence-corrected chi connectivity index (χ3v) is 9.47. The average molecular weight is 764 g/mol. The van der Waals surface area contributed by atoms with Gasteiger partial charge in [-0.3, -0.25) is 9.35 Å². The molecule has 1 saturated heterocycles. The third-order valence-electron chi connectivity index (χ3n) is 9.00. The van der Waals surface area contributed by atoms with Crippen molar-refractivity contribution in [1.29, 1.82) is 0 Å². The van der Waals surface area contributed by atoms with Crippen molar-refractivity contribution < 1.29 is 57.0 Å². The number of hydrogen-bond donors (Lipinski definition) is 7. The lowest BCUT2D eigenvalue weighted by Crippen LogP contribution is -2.61. The van der Waals surface area contributed by atoms with E-state index in [1.165, 1.54) is 51.0 Å². The fourth-order valence-corrected chi connectivity index (χ4v) is 6.32. The molecule has 1 aliphatic rings. The van der Waals surface area contributed by atoms with Crippen LogP contribution in [0.5, 0.6) is 0 Å². The van der Waals surface area contributed by atoms with Gasteiger partial charge in [0, 0.05) is 0 Å². The average Bonchev–Trinajstić information content (AvgIpc) is 3.11. The Balaban J connectivity index is 2.66. The van der Waals surface area contributed by atoms with Crippen LogP contribution in [-0.2, 0) is 28.9 Å². The smallest absolute Gasteiger partial charge is 0.394 e. The Morgan fingerprint density at radius 3 is 1.90 bits per heavy atom. The number of carbonyl (C=O) groups excluding carboxylic acids is 1. The first-order valence-corrected chi connectivity index (χ1v) is 20.8. The first-order chi connectivity index (χ1) is 24.9.